The number of thiophene rings is 1. The van der Waals surface area contributed by atoms with Gasteiger partial charge >= 0.3 is 0 Å². The van der Waals surface area contributed by atoms with Gasteiger partial charge in [0.05, 0.1) is 33.6 Å². The molecule has 0 unspecified atom stereocenters. The number of nitrogens with one attached hydrogen (secondary N) is 4. The van der Waals surface area contributed by atoms with Crippen LogP contribution < -0.4 is 21.3 Å². The summed E-state index contributed by atoms with van der Waals surface area (Å²) in [6.07, 6.45) is 7.03. The fourth-order valence-corrected chi connectivity index (χ4v) is 4.59. The van der Waals surface area contributed by atoms with Crippen LogP contribution in [0, 0.1) is 0 Å². The molecular formula is C27H16N8O7S. The number of aromatic nitrogens is 4. The summed E-state index contributed by atoms with van der Waals surface area (Å²) in [4.78, 5) is 90.9. The van der Waals surface area contributed by atoms with Crippen LogP contribution in [0.3, 0.4) is 0 Å². The van der Waals surface area contributed by atoms with Crippen molar-refractivity contribution in [2.24, 2.45) is 0 Å². The Kier molecular flexibility index (Phi) is 7.67. The molecule has 0 fully saturated rings. The lowest BCUT2D eigenvalue weighted by Crippen LogP contribution is -2.12. The maximum atomic E-state index is 11.1. The van der Waals surface area contributed by atoms with Gasteiger partial charge in [0.2, 0.25) is 5.78 Å². The fourth-order valence-electron chi connectivity index (χ4n) is 3.78. The molecule has 4 aliphatic rings. The van der Waals surface area contributed by atoms with E-state index in [2.05, 4.69) is 47.8 Å². The van der Waals surface area contributed by atoms with Gasteiger partial charge in [-0.15, -0.1) is 11.3 Å². The average Bonchev–Trinajstić information content (AvgIpc) is 3.79. The van der Waals surface area contributed by atoms with E-state index in [0.717, 1.165) is 10.6 Å². The van der Waals surface area contributed by atoms with Gasteiger partial charge in [-0.3, -0.25) is 38.5 Å². The van der Waals surface area contributed by atoms with E-state index >= 15 is 0 Å². The number of hydrogen-bond donors (Lipinski definition) is 4. The summed E-state index contributed by atoms with van der Waals surface area (Å²) >= 11 is 1.53. The summed E-state index contributed by atoms with van der Waals surface area (Å²) in [5, 5.41) is 12.8. The standard InChI is InChI=1S/2C7H4N2O2.C7H5NOS.C6H3N3O2/c10-6-4-3-8-2-1-5(4)9-7(6)11;10-5-4-2-1-3-8-6(4)9-7(5)11;1-4-6(9)5-2-3-10-7(5)8-4;10-4-3-1-7-2-8-5(3)9-6(4)11/h1-3H,(H,9,10,11);1-3H,(H,8,9,10,11);2-3,8H,1H2;1-2H,(H,7,8,9,10,11). The molecular weight excluding hydrogens is 580 g/mol. The number of pyridine rings is 2. The Morgan fingerprint density at radius 2 is 1.26 bits per heavy atom. The van der Waals surface area contributed by atoms with E-state index < -0.39 is 35.1 Å². The zero-order valence-electron chi connectivity index (χ0n) is 21.5. The number of fused-ring (bicyclic) bond motifs is 4. The van der Waals surface area contributed by atoms with Gasteiger partial charge in [0, 0.05) is 24.8 Å². The Bertz CT molecular complexity index is 1740. The molecule has 8 heterocycles. The molecule has 4 N–H and O–H groups in total. The van der Waals surface area contributed by atoms with E-state index in [0.29, 0.717) is 34.1 Å². The number of carbonyl (C=O) groups excluding carboxylic acids is 7. The second-order valence-corrected chi connectivity index (χ2v) is 9.47. The molecule has 0 saturated carbocycles. The van der Waals surface area contributed by atoms with E-state index in [9.17, 15) is 33.6 Å². The first kappa shape index (κ1) is 28.2. The number of anilines is 4. The SMILES string of the molecule is C=C1Nc2sccc2C1=O.O=C1Nc2ccncc2C1=O.O=C1Nc2ncccc2C1=O.O=C1Nc2ncncc2C1=O. The molecule has 0 spiro atoms. The topological polar surface area (TPSA) is 219 Å². The lowest BCUT2D eigenvalue weighted by Gasteiger charge is -1.90. The Hall–Kier alpha value is -6.29. The highest BCUT2D eigenvalue weighted by molar-refractivity contribution is 7.15. The van der Waals surface area contributed by atoms with Crippen molar-refractivity contribution in [1.29, 1.82) is 0 Å². The number of Topliss-reactive ketones (excluding diaryl/α,β-unsaturated/α-hetero) is 4. The van der Waals surface area contributed by atoms with Gasteiger partial charge in [0.1, 0.15) is 23.0 Å². The molecule has 4 aromatic heterocycles. The van der Waals surface area contributed by atoms with E-state index in [1.165, 1.54) is 42.5 Å². The van der Waals surface area contributed by atoms with Gasteiger partial charge in [-0.25, -0.2) is 15.0 Å². The van der Waals surface area contributed by atoms with Gasteiger partial charge in [0.15, 0.2) is 0 Å². The minimum atomic E-state index is -0.638. The summed E-state index contributed by atoms with van der Waals surface area (Å²) in [5.74, 6) is -2.71. The largest absolute Gasteiger partial charge is 0.344 e. The zero-order chi connectivity index (χ0) is 30.7. The maximum absolute atomic E-state index is 11.1. The van der Waals surface area contributed by atoms with E-state index in [1.54, 1.807) is 18.2 Å². The Labute approximate surface area is 244 Å². The molecule has 0 radical (unpaired) electrons. The van der Waals surface area contributed by atoms with Crippen molar-refractivity contribution in [1.82, 2.24) is 19.9 Å². The second kappa shape index (κ2) is 11.7. The predicted molar refractivity (Wildman–Crippen MR) is 151 cm³/mol. The third kappa shape index (κ3) is 5.66. The van der Waals surface area contributed by atoms with E-state index in [-0.39, 0.29) is 11.3 Å². The average molecular weight is 597 g/mol. The number of rotatable bonds is 0. The number of carbonyl (C=O) groups is 7. The highest BCUT2D eigenvalue weighted by Gasteiger charge is 2.30. The van der Waals surface area contributed by atoms with Crippen molar-refractivity contribution in [2.75, 3.05) is 21.3 Å². The van der Waals surface area contributed by atoms with Crippen molar-refractivity contribution in [3.05, 3.63) is 95.3 Å². The fraction of sp³-hybridized carbons (Fsp3) is 0. The third-order valence-corrected chi connectivity index (χ3v) is 6.68. The first-order chi connectivity index (χ1) is 20.7. The molecule has 3 amide bonds. The number of allylic oxidation sites excluding steroid dienone is 1. The van der Waals surface area contributed by atoms with Gasteiger partial charge in [-0.05, 0) is 29.6 Å². The summed E-state index contributed by atoms with van der Waals surface area (Å²) < 4.78 is 0. The predicted octanol–water partition coefficient (Wildman–Crippen LogP) is 1.91. The van der Waals surface area contributed by atoms with Crippen LogP contribution in [0.1, 0.15) is 41.4 Å². The first-order valence-corrected chi connectivity index (χ1v) is 12.9. The van der Waals surface area contributed by atoms with Gasteiger partial charge < -0.3 is 21.3 Å². The lowest BCUT2D eigenvalue weighted by molar-refractivity contribution is -0.112. The Morgan fingerprint density at radius 1 is 0.605 bits per heavy atom. The van der Waals surface area contributed by atoms with E-state index in [1.807, 2.05) is 11.4 Å². The highest BCUT2D eigenvalue weighted by atomic mass is 32.1. The van der Waals surface area contributed by atoms with Crippen molar-refractivity contribution < 1.29 is 33.6 Å². The lowest BCUT2D eigenvalue weighted by atomic mass is 10.2. The normalized spacial score (nSPS) is 14.7. The molecule has 15 nitrogen and oxygen atoms in total. The number of nitrogens with zero attached hydrogens (tertiary/aromatic N) is 4. The van der Waals surface area contributed by atoms with Crippen LogP contribution >= 0.6 is 11.3 Å². The molecule has 0 bridgehead atoms. The molecule has 0 aromatic carbocycles. The summed E-state index contributed by atoms with van der Waals surface area (Å²) in [7, 11) is 0. The highest BCUT2D eigenvalue weighted by Crippen LogP contribution is 2.32. The van der Waals surface area contributed by atoms with Crippen molar-refractivity contribution in [3.8, 4) is 0 Å². The third-order valence-electron chi connectivity index (χ3n) is 5.85. The molecule has 16 heteroatoms. The first-order valence-electron chi connectivity index (χ1n) is 12.0. The van der Waals surface area contributed by atoms with Crippen molar-refractivity contribution >= 4 is 74.5 Å². The molecule has 0 saturated heterocycles. The number of ketones is 4. The minimum Gasteiger partial charge on any atom is -0.344 e. The number of amides is 3. The molecule has 8 rings (SSSR count). The minimum absolute atomic E-state index is 0.0243. The molecule has 0 atom stereocenters. The molecule has 43 heavy (non-hydrogen) atoms. The van der Waals surface area contributed by atoms with Crippen LogP contribution in [-0.4, -0.2) is 60.8 Å². The van der Waals surface area contributed by atoms with Gasteiger partial charge in [-0.2, -0.15) is 0 Å². The van der Waals surface area contributed by atoms with E-state index in [4.69, 9.17) is 0 Å². The zero-order valence-corrected chi connectivity index (χ0v) is 22.4. The molecule has 0 aliphatic carbocycles. The summed E-state index contributed by atoms with van der Waals surface area (Å²) in [5.41, 5.74) is 2.76. The smallest absolute Gasteiger partial charge is 0.298 e. The van der Waals surface area contributed by atoms with Crippen LogP contribution in [0.15, 0.2) is 73.0 Å². The Morgan fingerprint density at radius 3 is 1.93 bits per heavy atom. The van der Waals surface area contributed by atoms with Crippen molar-refractivity contribution in [2.45, 2.75) is 0 Å². The number of hydrogen-bond acceptors (Lipinski definition) is 13. The van der Waals surface area contributed by atoms with Crippen LogP contribution in [0.25, 0.3) is 0 Å². The molecule has 212 valence electrons. The maximum Gasteiger partial charge on any atom is 0.298 e. The quantitative estimate of drug-likeness (QED) is 0.169. The second-order valence-electron chi connectivity index (χ2n) is 8.55. The Balaban J connectivity index is 0.000000114. The molecule has 4 aromatic rings. The summed E-state index contributed by atoms with van der Waals surface area (Å²) in [6.45, 7) is 3.57. The molecule has 4 aliphatic heterocycles. The van der Waals surface area contributed by atoms with Gasteiger partial charge in [0.25, 0.3) is 35.1 Å². The van der Waals surface area contributed by atoms with Crippen LogP contribution in [0.2, 0.25) is 0 Å². The van der Waals surface area contributed by atoms with Gasteiger partial charge in [-0.1, -0.05) is 6.58 Å². The summed E-state index contributed by atoms with van der Waals surface area (Å²) in [6, 6.07) is 6.60. The van der Waals surface area contributed by atoms with Crippen molar-refractivity contribution in [3.63, 3.8) is 0 Å². The van der Waals surface area contributed by atoms with Crippen LogP contribution in [-0.2, 0) is 14.4 Å². The van der Waals surface area contributed by atoms with Crippen LogP contribution in [0.5, 0.6) is 0 Å². The van der Waals surface area contributed by atoms with Crippen LogP contribution in [0.4, 0.5) is 22.3 Å². The monoisotopic (exact) mass is 596 g/mol.